The summed E-state index contributed by atoms with van der Waals surface area (Å²) in [6.45, 7) is 4.30. The second-order valence-electron chi connectivity index (χ2n) is 6.60. The molecule has 168 valence electrons. The van der Waals surface area contributed by atoms with Crippen molar-refractivity contribution in [1.82, 2.24) is 10.6 Å². The number of thioether (sulfide) groups is 2. The molecule has 0 aliphatic carbocycles. The number of ether oxygens (including phenoxy) is 2. The molecule has 1 amide bonds. The minimum Gasteiger partial charge on any atom is -0.466 e. The number of benzene rings is 1. The third-order valence-corrected chi connectivity index (χ3v) is 6.40. The normalized spacial score (nSPS) is 15.9. The van der Waals surface area contributed by atoms with Crippen LogP contribution < -0.4 is 10.6 Å². The lowest BCUT2D eigenvalue weighted by Gasteiger charge is -2.31. The highest BCUT2D eigenvalue weighted by atomic mass is 32.2. The Hall–Kier alpha value is -2.39. The van der Waals surface area contributed by atoms with Gasteiger partial charge in [0.15, 0.2) is 0 Å². The fourth-order valence-electron chi connectivity index (χ4n) is 3.36. The zero-order valence-corrected chi connectivity index (χ0v) is 19.8. The summed E-state index contributed by atoms with van der Waals surface area (Å²) in [5.41, 5.74) is 2.95. The van der Waals surface area contributed by atoms with Crippen LogP contribution in [0.4, 0.5) is 0 Å². The molecular formula is C22H28N2O5S2. The van der Waals surface area contributed by atoms with Crippen LogP contribution in [0.1, 0.15) is 25.3 Å². The molecule has 1 aromatic rings. The fourth-order valence-corrected chi connectivity index (χ4v) is 4.67. The molecule has 0 aromatic heterocycles. The Morgan fingerprint density at radius 3 is 2.68 bits per heavy atom. The number of rotatable bonds is 11. The first-order valence-corrected chi connectivity index (χ1v) is 12.2. The smallest absolute Gasteiger partial charge is 0.336 e. The highest BCUT2D eigenvalue weighted by Gasteiger charge is 2.38. The van der Waals surface area contributed by atoms with Gasteiger partial charge in [0, 0.05) is 34.3 Å². The van der Waals surface area contributed by atoms with E-state index in [0.717, 1.165) is 10.5 Å². The number of methoxy groups -OCH3 is 1. The van der Waals surface area contributed by atoms with E-state index in [1.807, 2.05) is 30.5 Å². The number of dihydropyridines is 1. The Balaban J connectivity index is 2.57. The van der Waals surface area contributed by atoms with Gasteiger partial charge in [-0.05, 0) is 37.8 Å². The first-order chi connectivity index (χ1) is 15.0. The van der Waals surface area contributed by atoms with E-state index < -0.39 is 17.9 Å². The van der Waals surface area contributed by atoms with Crippen molar-refractivity contribution in [2.24, 2.45) is 0 Å². The van der Waals surface area contributed by atoms with Crippen molar-refractivity contribution in [1.29, 1.82) is 0 Å². The maximum atomic E-state index is 13.1. The lowest BCUT2D eigenvalue weighted by atomic mass is 9.80. The lowest BCUT2D eigenvalue weighted by Crippen LogP contribution is -2.34. The van der Waals surface area contributed by atoms with Gasteiger partial charge in [-0.25, -0.2) is 9.59 Å². The molecule has 7 nitrogen and oxygen atoms in total. The van der Waals surface area contributed by atoms with Crippen molar-refractivity contribution in [3.63, 3.8) is 0 Å². The molecule has 1 aliphatic rings. The molecule has 2 N–H and O–H groups in total. The van der Waals surface area contributed by atoms with Crippen molar-refractivity contribution in [3.05, 3.63) is 52.4 Å². The zero-order valence-electron chi connectivity index (χ0n) is 18.2. The third-order valence-electron chi connectivity index (χ3n) is 4.69. The molecule has 0 saturated heterocycles. The van der Waals surface area contributed by atoms with Gasteiger partial charge >= 0.3 is 11.9 Å². The van der Waals surface area contributed by atoms with Gasteiger partial charge in [0.05, 0.1) is 30.8 Å². The van der Waals surface area contributed by atoms with Gasteiger partial charge in [-0.15, -0.1) is 11.8 Å². The van der Waals surface area contributed by atoms with Gasteiger partial charge < -0.3 is 20.1 Å². The van der Waals surface area contributed by atoms with Crippen LogP contribution >= 0.6 is 23.5 Å². The number of nitrogens with one attached hydrogen (secondary N) is 2. The topological polar surface area (TPSA) is 93.7 Å². The van der Waals surface area contributed by atoms with E-state index in [9.17, 15) is 14.4 Å². The van der Waals surface area contributed by atoms with Gasteiger partial charge in [-0.3, -0.25) is 4.79 Å². The van der Waals surface area contributed by atoms with Crippen LogP contribution in [0.15, 0.2) is 51.7 Å². The molecule has 1 unspecified atom stereocenters. The first kappa shape index (κ1) is 24.9. The van der Waals surface area contributed by atoms with Crippen LogP contribution in [0.2, 0.25) is 0 Å². The van der Waals surface area contributed by atoms with Crippen molar-refractivity contribution in [3.8, 4) is 0 Å². The lowest BCUT2D eigenvalue weighted by molar-refractivity contribution is -0.139. The standard InChI is InChI=1S/C22H28N2O5S2/c1-5-29-22(27)20-17(12-31-10-9-23-13-25)24-14(2)18(21(26)28-3)19(20)15-7-6-8-16(11-15)30-4/h6-8,11,13,19,24H,5,9-10,12H2,1-4H3,(H,23,25). The van der Waals surface area contributed by atoms with E-state index >= 15 is 0 Å². The molecule has 0 radical (unpaired) electrons. The molecule has 1 aliphatic heterocycles. The first-order valence-electron chi connectivity index (χ1n) is 9.83. The summed E-state index contributed by atoms with van der Waals surface area (Å²) in [6, 6.07) is 7.78. The molecule has 1 atom stereocenters. The van der Waals surface area contributed by atoms with Crippen LogP contribution in [-0.2, 0) is 23.9 Å². The van der Waals surface area contributed by atoms with Crippen molar-refractivity contribution < 1.29 is 23.9 Å². The van der Waals surface area contributed by atoms with Gasteiger partial charge in [0.1, 0.15) is 0 Å². The molecule has 2 rings (SSSR count). The van der Waals surface area contributed by atoms with Gasteiger partial charge in [-0.1, -0.05) is 12.1 Å². The molecule has 1 aromatic carbocycles. The molecule has 1 heterocycles. The molecule has 0 bridgehead atoms. The summed E-state index contributed by atoms with van der Waals surface area (Å²) >= 11 is 3.15. The molecule has 0 fully saturated rings. The Morgan fingerprint density at radius 1 is 1.26 bits per heavy atom. The summed E-state index contributed by atoms with van der Waals surface area (Å²) < 4.78 is 10.4. The van der Waals surface area contributed by atoms with Crippen molar-refractivity contribution >= 4 is 41.9 Å². The van der Waals surface area contributed by atoms with Gasteiger partial charge in [-0.2, -0.15) is 11.8 Å². The Kier molecular flexibility index (Phi) is 10.00. The Morgan fingerprint density at radius 2 is 2.03 bits per heavy atom. The summed E-state index contributed by atoms with van der Waals surface area (Å²) in [7, 11) is 1.33. The summed E-state index contributed by atoms with van der Waals surface area (Å²) in [5.74, 6) is -0.389. The van der Waals surface area contributed by atoms with Crippen LogP contribution in [0.3, 0.4) is 0 Å². The second-order valence-corrected chi connectivity index (χ2v) is 8.59. The Bertz CT molecular complexity index is 882. The van der Waals surface area contributed by atoms with Crippen LogP contribution in [0, 0.1) is 0 Å². The number of hydrogen-bond acceptors (Lipinski definition) is 8. The number of carbonyl (C=O) groups is 3. The largest absolute Gasteiger partial charge is 0.466 e. The summed E-state index contributed by atoms with van der Waals surface area (Å²) in [4.78, 5) is 37.3. The highest BCUT2D eigenvalue weighted by Crippen LogP contribution is 2.40. The van der Waals surface area contributed by atoms with E-state index in [0.29, 0.717) is 47.0 Å². The average Bonchev–Trinajstić information content (AvgIpc) is 2.78. The number of amides is 1. The predicted molar refractivity (Wildman–Crippen MR) is 124 cm³/mol. The molecule has 0 saturated carbocycles. The van der Waals surface area contributed by atoms with Gasteiger partial charge in [0.2, 0.25) is 6.41 Å². The van der Waals surface area contributed by atoms with E-state index in [2.05, 4.69) is 10.6 Å². The minimum absolute atomic E-state index is 0.222. The average molecular weight is 465 g/mol. The second kappa shape index (κ2) is 12.5. The van der Waals surface area contributed by atoms with Crippen LogP contribution in [0.25, 0.3) is 0 Å². The highest BCUT2D eigenvalue weighted by molar-refractivity contribution is 7.99. The monoisotopic (exact) mass is 464 g/mol. The van der Waals surface area contributed by atoms with E-state index in [1.54, 1.807) is 37.4 Å². The molecule has 0 spiro atoms. The maximum Gasteiger partial charge on any atom is 0.336 e. The molecule has 31 heavy (non-hydrogen) atoms. The summed E-state index contributed by atoms with van der Waals surface area (Å²) in [6.07, 6.45) is 2.63. The number of esters is 2. The molecular weight excluding hydrogens is 436 g/mol. The minimum atomic E-state index is -0.608. The zero-order chi connectivity index (χ0) is 22.8. The fraction of sp³-hybridized carbons (Fsp3) is 0.409. The maximum absolute atomic E-state index is 13.1. The SMILES string of the molecule is CCOC(=O)C1=C(CSCCNC=O)NC(C)=C(C(=O)OC)C1c1cccc(SC)c1. The van der Waals surface area contributed by atoms with E-state index in [4.69, 9.17) is 9.47 Å². The number of allylic oxidation sites excluding steroid dienone is 1. The number of carbonyl (C=O) groups excluding carboxylic acids is 3. The Labute approximate surface area is 191 Å². The predicted octanol–water partition coefficient (Wildman–Crippen LogP) is 2.84. The van der Waals surface area contributed by atoms with Crippen molar-refractivity contribution in [2.45, 2.75) is 24.7 Å². The summed E-state index contributed by atoms with van der Waals surface area (Å²) in [5, 5.41) is 5.86. The quantitative estimate of drug-likeness (QED) is 0.224. The van der Waals surface area contributed by atoms with E-state index in [1.165, 1.54) is 7.11 Å². The molecule has 9 heteroatoms. The van der Waals surface area contributed by atoms with Gasteiger partial charge in [0.25, 0.3) is 0 Å². The van der Waals surface area contributed by atoms with Crippen molar-refractivity contribution in [2.75, 3.05) is 38.0 Å². The number of hydrogen-bond donors (Lipinski definition) is 2. The third kappa shape index (κ3) is 6.30. The van der Waals surface area contributed by atoms with Crippen LogP contribution in [-0.4, -0.2) is 56.4 Å². The van der Waals surface area contributed by atoms with E-state index in [-0.39, 0.29) is 6.61 Å². The van der Waals surface area contributed by atoms with Crippen LogP contribution in [0.5, 0.6) is 0 Å².